The van der Waals surface area contributed by atoms with Gasteiger partial charge in [-0.25, -0.2) is 9.38 Å². The summed E-state index contributed by atoms with van der Waals surface area (Å²) in [6.45, 7) is 1.72. The van der Waals surface area contributed by atoms with Crippen LogP contribution in [0.3, 0.4) is 0 Å². The van der Waals surface area contributed by atoms with Crippen molar-refractivity contribution in [1.29, 1.82) is 5.41 Å². The third-order valence-electron chi connectivity index (χ3n) is 4.07. The van der Waals surface area contributed by atoms with Gasteiger partial charge in [0.05, 0.1) is 12.4 Å². The molecule has 1 fully saturated rings. The summed E-state index contributed by atoms with van der Waals surface area (Å²) >= 11 is 0. The van der Waals surface area contributed by atoms with Gasteiger partial charge in [-0.1, -0.05) is 0 Å². The number of ether oxygens (including phenoxy) is 1. The summed E-state index contributed by atoms with van der Waals surface area (Å²) in [6, 6.07) is 1.66. The van der Waals surface area contributed by atoms with Crippen LogP contribution in [0.5, 0.6) is 5.75 Å². The highest BCUT2D eigenvalue weighted by molar-refractivity contribution is 6.24. The summed E-state index contributed by atoms with van der Waals surface area (Å²) in [7, 11) is 2.01. The average Bonchev–Trinajstić information content (AvgIpc) is 3.03. The lowest BCUT2D eigenvalue weighted by Gasteiger charge is -2.18. The molecule has 3 rings (SSSR count). The Morgan fingerprint density at radius 2 is 2.37 bits per heavy atom. The number of rotatable bonds is 5. The summed E-state index contributed by atoms with van der Waals surface area (Å²) in [5, 5.41) is 12.8. The SMILES string of the molecule is CN1CCC(Oc2ccncc2NC(=O)C(C(=N)N)=C2N=CC(F)=CN2)C1. The molecule has 1 unspecified atom stereocenters. The number of likely N-dealkylation sites (tertiary alicyclic amines) is 1. The molecule has 1 amide bonds. The second-order valence-electron chi connectivity index (χ2n) is 6.19. The number of allylic oxidation sites excluding steroid dienone is 1. The molecule has 2 aliphatic heterocycles. The van der Waals surface area contributed by atoms with Crippen molar-refractivity contribution in [3.8, 4) is 5.75 Å². The van der Waals surface area contributed by atoms with Gasteiger partial charge in [-0.05, 0) is 13.5 Å². The number of aromatic nitrogens is 1. The third-order valence-corrected chi connectivity index (χ3v) is 4.07. The van der Waals surface area contributed by atoms with Crippen molar-refractivity contribution in [2.24, 2.45) is 10.7 Å². The van der Waals surface area contributed by atoms with E-state index in [-0.39, 0.29) is 17.5 Å². The number of aliphatic imine (C=N–C) groups is 1. The Morgan fingerprint density at radius 3 is 3.00 bits per heavy atom. The molecule has 0 saturated carbocycles. The van der Waals surface area contributed by atoms with Crippen LogP contribution >= 0.6 is 0 Å². The molecule has 0 aliphatic carbocycles. The van der Waals surface area contributed by atoms with Crippen LogP contribution in [0.2, 0.25) is 0 Å². The van der Waals surface area contributed by atoms with Gasteiger partial charge in [-0.15, -0.1) is 0 Å². The van der Waals surface area contributed by atoms with Crippen molar-refractivity contribution in [2.75, 3.05) is 25.5 Å². The zero-order chi connectivity index (χ0) is 19.4. The number of hydrogen-bond donors (Lipinski definition) is 4. The fourth-order valence-corrected chi connectivity index (χ4v) is 2.77. The fraction of sp³-hybridized carbons (Fsp3) is 0.294. The van der Waals surface area contributed by atoms with E-state index in [1.54, 1.807) is 12.3 Å². The number of nitrogens with two attached hydrogens (primary N) is 1. The Balaban J connectivity index is 1.80. The maximum atomic E-state index is 13.1. The molecule has 2 aliphatic rings. The Bertz CT molecular complexity index is 849. The second kappa shape index (κ2) is 7.96. The Labute approximate surface area is 155 Å². The Morgan fingerprint density at radius 1 is 1.56 bits per heavy atom. The van der Waals surface area contributed by atoms with Crippen molar-refractivity contribution >= 4 is 23.6 Å². The molecule has 0 radical (unpaired) electrons. The number of hydrogen-bond acceptors (Lipinski definition) is 7. The maximum Gasteiger partial charge on any atom is 0.263 e. The van der Waals surface area contributed by atoms with E-state index in [4.69, 9.17) is 15.9 Å². The molecule has 1 atom stereocenters. The minimum Gasteiger partial charge on any atom is -0.487 e. The molecule has 9 nitrogen and oxygen atoms in total. The van der Waals surface area contributed by atoms with Crippen LogP contribution in [0.15, 0.2) is 46.9 Å². The van der Waals surface area contributed by atoms with Gasteiger partial charge < -0.3 is 26.0 Å². The van der Waals surface area contributed by atoms with Gasteiger partial charge in [0.2, 0.25) is 0 Å². The van der Waals surface area contributed by atoms with Crippen molar-refractivity contribution in [3.63, 3.8) is 0 Å². The van der Waals surface area contributed by atoms with Crippen molar-refractivity contribution in [2.45, 2.75) is 12.5 Å². The van der Waals surface area contributed by atoms with Crippen molar-refractivity contribution < 1.29 is 13.9 Å². The number of likely N-dealkylation sites (N-methyl/N-ethyl adjacent to an activating group) is 1. The minimum atomic E-state index is -0.681. The topological polar surface area (TPSA) is 129 Å². The van der Waals surface area contributed by atoms with E-state index in [1.165, 1.54) is 6.20 Å². The van der Waals surface area contributed by atoms with Gasteiger partial charge in [0.25, 0.3) is 5.91 Å². The van der Waals surface area contributed by atoms with Crippen molar-refractivity contribution in [1.82, 2.24) is 15.2 Å². The number of pyridine rings is 1. The molecule has 27 heavy (non-hydrogen) atoms. The number of amidine groups is 1. The molecule has 1 saturated heterocycles. The summed E-state index contributed by atoms with van der Waals surface area (Å²) in [6.07, 6.45) is 5.85. The lowest BCUT2D eigenvalue weighted by molar-refractivity contribution is -0.112. The predicted octanol–water partition coefficient (Wildman–Crippen LogP) is 0.735. The van der Waals surface area contributed by atoms with Crippen LogP contribution in [0.25, 0.3) is 0 Å². The van der Waals surface area contributed by atoms with Crippen molar-refractivity contribution in [3.05, 3.63) is 41.9 Å². The molecular weight excluding hydrogens is 353 g/mol. The molecule has 5 N–H and O–H groups in total. The predicted molar refractivity (Wildman–Crippen MR) is 99.2 cm³/mol. The molecule has 0 aromatic carbocycles. The number of carbonyl (C=O) groups excluding carboxylic acids is 1. The fourth-order valence-electron chi connectivity index (χ4n) is 2.77. The first-order chi connectivity index (χ1) is 12.9. The maximum absolute atomic E-state index is 13.1. The normalized spacial score (nSPS) is 21.3. The summed E-state index contributed by atoms with van der Waals surface area (Å²) in [5.41, 5.74) is 5.65. The van der Waals surface area contributed by atoms with Crippen LogP contribution < -0.4 is 21.1 Å². The molecule has 10 heteroatoms. The summed E-state index contributed by atoms with van der Waals surface area (Å²) in [5.74, 6) is -1.35. The summed E-state index contributed by atoms with van der Waals surface area (Å²) in [4.78, 5) is 22.6. The van der Waals surface area contributed by atoms with Gasteiger partial charge in [-0.2, -0.15) is 0 Å². The third kappa shape index (κ3) is 4.47. The van der Waals surface area contributed by atoms with Crippen LogP contribution in [0.4, 0.5) is 10.1 Å². The zero-order valence-corrected chi connectivity index (χ0v) is 14.7. The lowest BCUT2D eigenvalue weighted by atomic mass is 10.2. The number of nitrogens with one attached hydrogen (secondary N) is 3. The number of anilines is 1. The summed E-state index contributed by atoms with van der Waals surface area (Å²) < 4.78 is 19.0. The number of halogens is 1. The van der Waals surface area contributed by atoms with Gasteiger partial charge in [0, 0.05) is 31.6 Å². The van der Waals surface area contributed by atoms with Gasteiger partial charge >= 0.3 is 0 Å². The standard InChI is InChI=1S/C17H20FN7O2/c1-25-5-3-11(9-25)27-13-2-4-21-8-12(13)24-17(26)14(15(19)20)16-22-6-10(18)7-23-16/h2,4,6-8,11,22H,3,5,9H2,1H3,(H3,19,20)(H,24,26). The molecule has 0 bridgehead atoms. The second-order valence-corrected chi connectivity index (χ2v) is 6.19. The first kappa shape index (κ1) is 18.5. The number of nitrogens with zero attached hydrogens (tertiary/aromatic N) is 3. The van der Waals surface area contributed by atoms with E-state index in [0.717, 1.165) is 31.9 Å². The highest BCUT2D eigenvalue weighted by atomic mass is 19.1. The minimum absolute atomic E-state index is 0.0106. The van der Waals surface area contributed by atoms with Crippen LogP contribution in [0.1, 0.15) is 6.42 Å². The molecular formula is C17H20FN7O2. The highest BCUT2D eigenvalue weighted by Crippen LogP contribution is 2.26. The first-order valence-electron chi connectivity index (χ1n) is 8.29. The average molecular weight is 373 g/mol. The van der Waals surface area contributed by atoms with Crippen LogP contribution in [-0.2, 0) is 4.79 Å². The van der Waals surface area contributed by atoms with Gasteiger partial charge in [0.15, 0.2) is 5.83 Å². The monoisotopic (exact) mass is 373 g/mol. The van der Waals surface area contributed by atoms with Crippen LogP contribution in [-0.4, -0.2) is 54.1 Å². The Hall–Kier alpha value is -3.27. The largest absolute Gasteiger partial charge is 0.487 e. The molecule has 3 heterocycles. The molecule has 0 spiro atoms. The van der Waals surface area contributed by atoms with E-state index < -0.39 is 17.6 Å². The Kier molecular flexibility index (Phi) is 5.46. The lowest BCUT2D eigenvalue weighted by Crippen LogP contribution is -2.30. The number of amides is 1. The highest BCUT2D eigenvalue weighted by Gasteiger charge is 2.24. The van der Waals surface area contributed by atoms with E-state index in [9.17, 15) is 9.18 Å². The molecule has 142 valence electrons. The molecule has 1 aromatic heterocycles. The zero-order valence-electron chi connectivity index (χ0n) is 14.7. The van der Waals surface area contributed by atoms with Crippen LogP contribution in [0, 0.1) is 5.41 Å². The number of carbonyl (C=O) groups is 1. The van der Waals surface area contributed by atoms with Gasteiger partial charge in [-0.3, -0.25) is 15.2 Å². The van der Waals surface area contributed by atoms with E-state index >= 15 is 0 Å². The van der Waals surface area contributed by atoms with Gasteiger partial charge in [0.1, 0.15) is 34.8 Å². The first-order valence-corrected chi connectivity index (χ1v) is 8.29. The quantitative estimate of drug-likeness (QED) is 0.342. The van der Waals surface area contributed by atoms with E-state index in [2.05, 4.69) is 25.5 Å². The molecule has 1 aromatic rings. The van der Waals surface area contributed by atoms with E-state index in [1.807, 2.05) is 7.05 Å². The van der Waals surface area contributed by atoms with E-state index in [0.29, 0.717) is 11.4 Å². The smallest absolute Gasteiger partial charge is 0.263 e.